The summed E-state index contributed by atoms with van der Waals surface area (Å²) in [5.74, 6) is -0.0236. The minimum atomic E-state index is -0.427. The Kier molecular flexibility index (Phi) is 5.92. The third-order valence-electron chi connectivity index (χ3n) is 3.52. The van der Waals surface area contributed by atoms with E-state index in [-0.39, 0.29) is 11.4 Å². The van der Waals surface area contributed by atoms with Crippen molar-refractivity contribution in [2.75, 3.05) is 6.54 Å². The van der Waals surface area contributed by atoms with Gasteiger partial charge < -0.3 is 16.2 Å². The smallest absolute Gasteiger partial charge is 0.221 e. The van der Waals surface area contributed by atoms with Crippen LogP contribution in [0.3, 0.4) is 0 Å². The first-order chi connectivity index (χ1) is 8.06. The summed E-state index contributed by atoms with van der Waals surface area (Å²) in [6.45, 7) is 2.37. The van der Waals surface area contributed by atoms with Crippen LogP contribution in [0, 0.1) is 0 Å². The first kappa shape index (κ1) is 14.5. The summed E-state index contributed by atoms with van der Waals surface area (Å²) in [5, 5.41) is 12.3. The Hall–Kier alpha value is -0.610. The van der Waals surface area contributed by atoms with E-state index >= 15 is 0 Å². The molecule has 0 saturated heterocycles. The van der Waals surface area contributed by atoms with E-state index in [1.807, 2.05) is 6.92 Å². The number of aliphatic hydroxyl groups excluding tert-OH is 1. The first-order valence-corrected chi connectivity index (χ1v) is 6.79. The number of carbonyl (C=O) groups is 1. The number of amides is 1. The Bertz CT molecular complexity index is 238. The first-order valence-electron chi connectivity index (χ1n) is 6.79. The number of nitrogens with two attached hydrogens (primary N) is 1. The molecule has 0 aromatic heterocycles. The second kappa shape index (κ2) is 6.97. The SMILES string of the molecule is CCCC(O)CNC(=O)CC1(N)CCCCC1. The zero-order valence-electron chi connectivity index (χ0n) is 10.9. The van der Waals surface area contributed by atoms with Gasteiger partial charge in [0.15, 0.2) is 0 Å². The fourth-order valence-corrected chi connectivity index (χ4v) is 2.48. The van der Waals surface area contributed by atoms with Crippen molar-refractivity contribution in [3.05, 3.63) is 0 Å². The number of carbonyl (C=O) groups excluding carboxylic acids is 1. The molecule has 1 aliphatic carbocycles. The maximum absolute atomic E-state index is 11.7. The zero-order chi connectivity index (χ0) is 12.7. The zero-order valence-corrected chi connectivity index (χ0v) is 10.9. The van der Waals surface area contributed by atoms with Gasteiger partial charge in [0.05, 0.1) is 6.10 Å². The number of hydrogen-bond donors (Lipinski definition) is 3. The minimum Gasteiger partial charge on any atom is -0.391 e. The molecule has 1 rings (SSSR count). The Morgan fingerprint density at radius 2 is 2.06 bits per heavy atom. The number of nitrogens with one attached hydrogen (secondary N) is 1. The van der Waals surface area contributed by atoms with Crippen LogP contribution >= 0.6 is 0 Å². The molecule has 4 N–H and O–H groups in total. The topological polar surface area (TPSA) is 75.3 Å². The Morgan fingerprint density at radius 3 is 2.65 bits per heavy atom. The van der Waals surface area contributed by atoms with Crippen LogP contribution < -0.4 is 11.1 Å². The third-order valence-corrected chi connectivity index (χ3v) is 3.52. The van der Waals surface area contributed by atoms with Crippen LogP contribution in [-0.2, 0) is 4.79 Å². The van der Waals surface area contributed by atoms with Crippen molar-refractivity contribution >= 4 is 5.91 Å². The lowest BCUT2D eigenvalue weighted by atomic mass is 9.80. The summed E-state index contributed by atoms with van der Waals surface area (Å²) >= 11 is 0. The van der Waals surface area contributed by atoms with Gasteiger partial charge in [-0.25, -0.2) is 0 Å². The van der Waals surface area contributed by atoms with Gasteiger partial charge in [0.2, 0.25) is 5.91 Å². The predicted octanol–water partition coefficient (Wildman–Crippen LogP) is 1.32. The highest BCUT2D eigenvalue weighted by molar-refractivity contribution is 5.77. The van der Waals surface area contributed by atoms with E-state index in [2.05, 4.69) is 5.32 Å². The molecule has 1 unspecified atom stereocenters. The minimum absolute atomic E-state index is 0.0236. The van der Waals surface area contributed by atoms with Crippen molar-refractivity contribution in [2.45, 2.75) is 69.9 Å². The van der Waals surface area contributed by atoms with Crippen LogP contribution in [0.2, 0.25) is 0 Å². The average molecular weight is 242 g/mol. The molecule has 4 heteroatoms. The lowest BCUT2D eigenvalue weighted by Gasteiger charge is -2.32. The summed E-state index contributed by atoms with van der Waals surface area (Å²) in [4.78, 5) is 11.7. The Balaban J connectivity index is 2.24. The van der Waals surface area contributed by atoms with Crippen LogP contribution in [0.4, 0.5) is 0 Å². The molecule has 1 aliphatic rings. The van der Waals surface area contributed by atoms with E-state index in [1.165, 1.54) is 6.42 Å². The van der Waals surface area contributed by atoms with Gasteiger partial charge in [-0.05, 0) is 19.3 Å². The quantitative estimate of drug-likeness (QED) is 0.657. The van der Waals surface area contributed by atoms with Gasteiger partial charge in [-0.2, -0.15) is 0 Å². The van der Waals surface area contributed by atoms with Crippen molar-refractivity contribution in [3.8, 4) is 0 Å². The molecule has 0 bridgehead atoms. The summed E-state index contributed by atoms with van der Waals surface area (Å²) in [5.41, 5.74) is 5.89. The second-order valence-electron chi connectivity index (χ2n) is 5.35. The molecular weight excluding hydrogens is 216 g/mol. The van der Waals surface area contributed by atoms with Crippen LogP contribution in [0.1, 0.15) is 58.3 Å². The molecule has 4 nitrogen and oxygen atoms in total. The Labute approximate surface area is 104 Å². The molecule has 1 saturated carbocycles. The lowest BCUT2D eigenvalue weighted by molar-refractivity contribution is -0.123. The molecule has 1 amide bonds. The third kappa shape index (κ3) is 5.50. The molecule has 17 heavy (non-hydrogen) atoms. The maximum Gasteiger partial charge on any atom is 0.221 e. The molecule has 0 heterocycles. The number of rotatable bonds is 6. The predicted molar refractivity (Wildman–Crippen MR) is 68.5 cm³/mol. The van der Waals surface area contributed by atoms with E-state index in [4.69, 9.17) is 5.73 Å². The standard InChI is InChI=1S/C13H26N2O2/c1-2-6-11(16)10-15-12(17)9-13(14)7-4-3-5-8-13/h11,16H,2-10,14H2,1H3,(H,15,17). The average Bonchev–Trinajstić information content (AvgIpc) is 2.27. The molecule has 0 spiro atoms. The highest BCUT2D eigenvalue weighted by atomic mass is 16.3. The van der Waals surface area contributed by atoms with Gasteiger partial charge in [0, 0.05) is 18.5 Å². The van der Waals surface area contributed by atoms with Crippen LogP contribution in [-0.4, -0.2) is 29.2 Å². The van der Waals surface area contributed by atoms with E-state index < -0.39 is 6.10 Å². The molecule has 0 radical (unpaired) electrons. The van der Waals surface area contributed by atoms with Crippen molar-refractivity contribution in [1.82, 2.24) is 5.32 Å². The van der Waals surface area contributed by atoms with Crippen LogP contribution in [0.25, 0.3) is 0 Å². The van der Waals surface area contributed by atoms with Crippen molar-refractivity contribution in [2.24, 2.45) is 5.73 Å². The van der Waals surface area contributed by atoms with E-state index in [0.717, 1.165) is 38.5 Å². The molecule has 0 aromatic carbocycles. The van der Waals surface area contributed by atoms with Gasteiger partial charge in [-0.3, -0.25) is 4.79 Å². The monoisotopic (exact) mass is 242 g/mol. The molecule has 0 aromatic rings. The molecule has 100 valence electrons. The summed E-state index contributed by atoms with van der Waals surface area (Å²) in [6.07, 6.45) is 7.00. The van der Waals surface area contributed by atoms with Gasteiger partial charge in [-0.1, -0.05) is 32.6 Å². The largest absolute Gasteiger partial charge is 0.391 e. The fourth-order valence-electron chi connectivity index (χ4n) is 2.48. The lowest BCUT2D eigenvalue weighted by Crippen LogP contribution is -2.46. The molecule has 1 atom stereocenters. The van der Waals surface area contributed by atoms with Gasteiger partial charge >= 0.3 is 0 Å². The summed E-state index contributed by atoms with van der Waals surface area (Å²) in [7, 11) is 0. The van der Waals surface area contributed by atoms with Crippen molar-refractivity contribution < 1.29 is 9.90 Å². The van der Waals surface area contributed by atoms with Crippen molar-refractivity contribution in [3.63, 3.8) is 0 Å². The van der Waals surface area contributed by atoms with Crippen molar-refractivity contribution in [1.29, 1.82) is 0 Å². The molecule has 1 fully saturated rings. The second-order valence-corrected chi connectivity index (χ2v) is 5.35. The molecular formula is C13H26N2O2. The highest BCUT2D eigenvalue weighted by Gasteiger charge is 2.29. The number of aliphatic hydroxyl groups is 1. The number of hydrogen-bond acceptors (Lipinski definition) is 3. The van der Waals surface area contributed by atoms with Gasteiger partial charge in [0.1, 0.15) is 0 Å². The fraction of sp³-hybridized carbons (Fsp3) is 0.923. The van der Waals surface area contributed by atoms with Gasteiger partial charge in [-0.15, -0.1) is 0 Å². The van der Waals surface area contributed by atoms with Gasteiger partial charge in [0.25, 0.3) is 0 Å². The highest BCUT2D eigenvalue weighted by Crippen LogP contribution is 2.28. The van der Waals surface area contributed by atoms with E-state index in [0.29, 0.717) is 13.0 Å². The van der Waals surface area contributed by atoms with Crippen LogP contribution in [0.5, 0.6) is 0 Å². The Morgan fingerprint density at radius 1 is 1.41 bits per heavy atom. The normalized spacial score (nSPS) is 20.9. The summed E-state index contributed by atoms with van der Waals surface area (Å²) in [6, 6.07) is 0. The maximum atomic E-state index is 11.7. The van der Waals surface area contributed by atoms with E-state index in [9.17, 15) is 9.90 Å². The summed E-state index contributed by atoms with van der Waals surface area (Å²) < 4.78 is 0. The van der Waals surface area contributed by atoms with E-state index in [1.54, 1.807) is 0 Å². The van der Waals surface area contributed by atoms with Crippen LogP contribution in [0.15, 0.2) is 0 Å². The molecule has 0 aliphatic heterocycles.